The predicted octanol–water partition coefficient (Wildman–Crippen LogP) is 3.81. The molecule has 33 heavy (non-hydrogen) atoms. The molecule has 3 aromatic rings. The molecule has 166 valence electrons. The SMILES string of the molecule is C=C1c2c(-c3ccc(Oc4ccccc4)cc3)c(C(=N)N)c(NC)n2CC1NC(=O)C#CC. The Morgan fingerprint density at radius 2 is 1.85 bits per heavy atom. The Kier molecular flexibility index (Phi) is 5.92. The normalized spacial score (nSPS) is 14.1. The third-order valence-electron chi connectivity index (χ3n) is 5.53. The zero-order chi connectivity index (χ0) is 23.5. The monoisotopic (exact) mass is 439 g/mol. The number of nitrogen functional groups attached to an aromatic ring is 1. The molecule has 1 aromatic heterocycles. The first-order valence-electron chi connectivity index (χ1n) is 10.5. The van der Waals surface area contributed by atoms with E-state index in [4.69, 9.17) is 15.9 Å². The second-order valence-corrected chi connectivity index (χ2v) is 7.59. The summed E-state index contributed by atoms with van der Waals surface area (Å²) < 4.78 is 7.92. The maximum absolute atomic E-state index is 12.1. The Morgan fingerprint density at radius 3 is 2.45 bits per heavy atom. The minimum absolute atomic E-state index is 0.0499. The molecule has 0 bridgehead atoms. The molecule has 1 aliphatic rings. The molecule has 2 heterocycles. The number of carbonyl (C=O) groups excluding carboxylic acids is 1. The van der Waals surface area contributed by atoms with Crippen LogP contribution in [0.5, 0.6) is 11.5 Å². The van der Waals surface area contributed by atoms with Gasteiger partial charge in [0.2, 0.25) is 0 Å². The van der Waals surface area contributed by atoms with Gasteiger partial charge in [-0.15, -0.1) is 0 Å². The molecule has 0 aliphatic carbocycles. The Hall–Kier alpha value is -4.44. The number of nitrogens with zero attached hydrogens (tertiary/aromatic N) is 1. The summed E-state index contributed by atoms with van der Waals surface area (Å²) in [4.78, 5) is 12.1. The van der Waals surface area contributed by atoms with E-state index in [-0.39, 0.29) is 17.8 Å². The predicted molar refractivity (Wildman–Crippen MR) is 131 cm³/mol. The number of fused-ring (bicyclic) bond motifs is 1. The van der Waals surface area contributed by atoms with E-state index < -0.39 is 0 Å². The number of amides is 1. The summed E-state index contributed by atoms with van der Waals surface area (Å²) in [6, 6.07) is 16.9. The van der Waals surface area contributed by atoms with Crippen molar-refractivity contribution in [2.75, 3.05) is 12.4 Å². The number of aromatic nitrogens is 1. The number of hydrogen-bond donors (Lipinski definition) is 4. The Balaban J connectivity index is 1.74. The number of nitrogens with one attached hydrogen (secondary N) is 3. The van der Waals surface area contributed by atoms with E-state index in [9.17, 15) is 4.79 Å². The number of nitrogens with two attached hydrogens (primary N) is 1. The molecular weight excluding hydrogens is 414 g/mol. The largest absolute Gasteiger partial charge is 0.457 e. The van der Waals surface area contributed by atoms with Crippen LogP contribution in [0.1, 0.15) is 18.2 Å². The molecule has 4 rings (SSSR count). The lowest BCUT2D eigenvalue weighted by molar-refractivity contribution is -0.116. The number of anilines is 1. The Labute approximate surface area is 192 Å². The maximum Gasteiger partial charge on any atom is 0.296 e. The van der Waals surface area contributed by atoms with Crippen LogP contribution in [0.4, 0.5) is 5.82 Å². The van der Waals surface area contributed by atoms with Gasteiger partial charge in [0.05, 0.1) is 17.3 Å². The van der Waals surface area contributed by atoms with Crippen molar-refractivity contribution in [3.8, 4) is 34.5 Å². The van der Waals surface area contributed by atoms with Crippen molar-refractivity contribution in [1.29, 1.82) is 5.41 Å². The highest BCUT2D eigenvalue weighted by atomic mass is 16.5. The molecule has 0 spiro atoms. The minimum atomic E-state index is -0.351. The van der Waals surface area contributed by atoms with Crippen LogP contribution in [0.3, 0.4) is 0 Å². The van der Waals surface area contributed by atoms with E-state index in [1.165, 1.54) is 0 Å². The second-order valence-electron chi connectivity index (χ2n) is 7.59. The molecule has 0 fully saturated rings. The summed E-state index contributed by atoms with van der Waals surface area (Å²) in [5.74, 6) is 6.87. The number of rotatable bonds is 6. The average Bonchev–Trinajstić information content (AvgIpc) is 3.29. The Bertz CT molecular complexity index is 1290. The third kappa shape index (κ3) is 4.06. The Morgan fingerprint density at radius 1 is 1.18 bits per heavy atom. The van der Waals surface area contributed by atoms with Gasteiger partial charge in [0.25, 0.3) is 5.91 Å². The number of hydrogen-bond acceptors (Lipinski definition) is 4. The molecule has 0 saturated heterocycles. The maximum atomic E-state index is 12.1. The van der Waals surface area contributed by atoms with E-state index in [1.54, 1.807) is 14.0 Å². The van der Waals surface area contributed by atoms with Crippen LogP contribution >= 0.6 is 0 Å². The van der Waals surface area contributed by atoms with E-state index in [0.717, 1.165) is 28.1 Å². The lowest BCUT2D eigenvalue weighted by atomic mass is 9.95. The number of amidine groups is 1. The summed E-state index contributed by atoms with van der Waals surface area (Å²) in [5.41, 5.74) is 9.84. The van der Waals surface area contributed by atoms with Gasteiger partial charge in [0.1, 0.15) is 23.2 Å². The molecule has 1 atom stereocenters. The zero-order valence-electron chi connectivity index (χ0n) is 18.5. The lowest BCUT2D eigenvalue weighted by Crippen LogP contribution is -2.34. The van der Waals surface area contributed by atoms with Crippen molar-refractivity contribution in [1.82, 2.24) is 9.88 Å². The molecular formula is C26H25N5O2. The molecule has 1 unspecified atom stereocenters. The summed E-state index contributed by atoms with van der Waals surface area (Å²) in [6.45, 7) is 6.34. The number of benzene rings is 2. The van der Waals surface area contributed by atoms with Crippen LogP contribution in [-0.4, -0.2) is 29.4 Å². The fraction of sp³-hybridized carbons (Fsp3) is 0.154. The van der Waals surface area contributed by atoms with Crippen LogP contribution in [0.25, 0.3) is 16.7 Å². The van der Waals surface area contributed by atoms with Gasteiger partial charge in [-0.25, -0.2) is 0 Å². The highest BCUT2D eigenvalue weighted by molar-refractivity contribution is 6.10. The molecule has 1 aliphatic heterocycles. The standard InChI is InChI=1S/C26H25N5O2/c1-4-8-21(32)30-20-15-31-24(16(20)2)22(23(25(27)28)26(31)29-3)17-11-13-19(14-12-17)33-18-9-6-5-7-10-18/h5-7,9-14,20,29H,2,15H2,1,3H3,(H3,27,28)(H,30,32). The minimum Gasteiger partial charge on any atom is -0.457 e. The fourth-order valence-electron chi connectivity index (χ4n) is 4.15. The topological polar surface area (TPSA) is 105 Å². The van der Waals surface area contributed by atoms with E-state index in [2.05, 4.69) is 29.1 Å². The highest BCUT2D eigenvalue weighted by Gasteiger charge is 2.35. The third-order valence-corrected chi connectivity index (χ3v) is 5.53. The van der Waals surface area contributed by atoms with Crippen molar-refractivity contribution in [2.24, 2.45) is 5.73 Å². The van der Waals surface area contributed by atoms with Gasteiger partial charge in [0, 0.05) is 19.2 Å². The van der Waals surface area contributed by atoms with Crippen LogP contribution in [0, 0.1) is 17.3 Å². The van der Waals surface area contributed by atoms with Gasteiger partial charge in [0.15, 0.2) is 0 Å². The van der Waals surface area contributed by atoms with Crippen LogP contribution < -0.4 is 21.1 Å². The van der Waals surface area contributed by atoms with Gasteiger partial charge in [-0.3, -0.25) is 10.2 Å². The first kappa shape index (κ1) is 21.8. The van der Waals surface area contributed by atoms with Gasteiger partial charge >= 0.3 is 0 Å². The first-order valence-corrected chi connectivity index (χ1v) is 10.5. The quantitative estimate of drug-likeness (QED) is 0.266. The summed E-state index contributed by atoms with van der Waals surface area (Å²) >= 11 is 0. The lowest BCUT2D eigenvalue weighted by Gasteiger charge is -2.15. The molecule has 0 saturated carbocycles. The number of ether oxygens (including phenoxy) is 1. The van der Waals surface area contributed by atoms with Crippen molar-refractivity contribution >= 4 is 23.1 Å². The van der Waals surface area contributed by atoms with E-state index in [1.807, 2.05) is 59.2 Å². The molecule has 5 N–H and O–H groups in total. The fourth-order valence-corrected chi connectivity index (χ4v) is 4.15. The second kappa shape index (κ2) is 8.97. The van der Waals surface area contributed by atoms with Crippen molar-refractivity contribution in [2.45, 2.75) is 19.5 Å². The number of para-hydroxylation sites is 1. The van der Waals surface area contributed by atoms with Gasteiger partial charge < -0.3 is 25.7 Å². The highest BCUT2D eigenvalue weighted by Crippen LogP contribution is 2.44. The smallest absolute Gasteiger partial charge is 0.296 e. The van der Waals surface area contributed by atoms with Gasteiger partial charge in [-0.05, 0) is 48.2 Å². The number of carbonyl (C=O) groups is 1. The first-order chi connectivity index (χ1) is 15.9. The molecule has 7 heteroatoms. The van der Waals surface area contributed by atoms with Crippen molar-refractivity contribution < 1.29 is 9.53 Å². The van der Waals surface area contributed by atoms with Gasteiger partial charge in [-0.2, -0.15) is 0 Å². The van der Waals surface area contributed by atoms with Crippen molar-refractivity contribution in [3.05, 3.63) is 72.4 Å². The van der Waals surface area contributed by atoms with Crippen LogP contribution in [0.2, 0.25) is 0 Å². The van der Waals surface area contributed by atoms with E-state index >= 15 is 0 Å². The van der Waals surface area contributed by atoms with Crippen molar-refractivity contribution in [3.63, 3.8) is 0 Å². The molecule has 0 radical (unpaired) electrons. The zero-order valence-corrected chi connectivity index (χ0v) is 18.5. The molecule has 2 aromatic carbocycles. The van der Waals surface area contributed by atoms with Crippen LogP contribution in [-0.2, 0) is 11.3 Å². The van der Waals surface area contributed by atoms with Gasteiger partial charge in [-0.1, -0.05) is 42.8 Å². The average molecular weight is 440 g/mol. The van der Waals surface area contributed by atoms with Crippen LogP contribution in [0.15, 0.2) is 61.2 Å². The molecule has 1 amide bonds. The summed E-state index contributed by atoms with van der Waals surface area (Å²) in [6.07, 6.45) is 0. The molecule has 7 nitrogen and oxygen atoms in total. The summed E-state index contributed by atoms with van der Waals surface area (Å²) in [7, 11) is 1.78. The summed E-state index contributed by atoms with van der Waals surface area (Å²) in [5, 5.41) is 14.3. The van der Waals surface area contributed by atoms with E-state index in [0.29, 0.717) is 23.7 Å².